The number of methoxy groups -OCH3 is 1. The number of hydrogen-bond donors (Lipinski definition) is 1. The van der Waals surface area contributed by atoms with Crippen molar-refractivity contribution in [1.29, 1.82) is 0 Å². The van der Waals surface area contributed by atoms with E-state index in [1.807, 2.05) is 12.1 Å². The van der Waals surface area contributed by atoms with E-state index in [1.54, 1.807) is 37.5 Å². The molecule has 1 aliphatic rings. The zero-order valence-corrected chi connectivity index (χ0v) is 16.2. The van der Waals surface area contributed by atoms with Crippen LogP contribution >= 0.6 is 0 Å². The van der Waals surface area contributed by atoms with Gasteiger partial charge < -0.3 is 9.84 Å². The average Bonchev–Trinajstić information content (AvgIpc) is 2.66. The highest BCUT2D eigenvalue weighted by Gasteiger charge is 2.36. The van der Waals surface area contributed by atoms with Crippen LogP contribution in [0.15, 0.2) is 78.1 Å². The standard InChI is InChI=1S/C24H24O3/c1-15-8-6-7-9-20(15)24(3,4)16(2)14-19-22(25)21(23(19)26)17-10-12-18(27-5)13-11-17/h6-14,25H,2H2,1,3-5H3/b19-14-. The highest BCUT2D eigenvalue weighted by Crippen LogP contribution is 2.40. The number of rotatable bonds is 5. The second-order valence-corrected chi connectivity index (χ2v) is 7.30. The zero-order chi connectivity index (χ0) is 19.8. The Kier molecular flexibility index (Phi) is 4.79. The average molecular weight is 360 g/mol. The van der Waals surface area contributed by atoms with Crippen LogP contribution in [-0.2, 0) is 10.2 Å². The van der Waals surface area contributed by atoms with Gasteiger partial charge in [0.05, 0.1) is 18.3 Å². The van der Waals surface area contributed by atoms with Crippen LogP contribution in [0.3, 0.4) is 0 Å². The van der Waals surface area contributed by atoms with E-state index < -0.39 is 0 Å². The second kappa shape index (κ2) is 6.92. The Hall–Kier alpha value is -3.07. The third-order valence-electron chi connectivity index (χ3n) is 5.28. The smallest absolute Gasteiger partial charge is 0.201 e. The monoisotopic (exact) mass is 360 g/mol. The van der Waals surface area contributed by atoms with Crippen molar-refractivity contribution in [2.75, 3.05) is 7.11 Å². The fourth-order valence-electron chi connectivity index (χ4n) is 3.38. The first kappa shape index (κ1) is 18.7. The Balaban J connectivity index is 1.91. The lowest BCUT2D eigenvalue weighted by Gasteiger charge is -2.30. The maximum absolute atomic E-state index is 12.6. The molecule has 0 saturated heterocycles. The number of carbonyl (C=O) groups is 1. The van der Waals surface area contributed by atoms with Crippen LogP contribution in [0.1, 0.15) is 30.5 Å². The van der Waals surface area contributed by atoms with E-state index in [1.165, 1.54) is 5.56 Å². The summed E-state index contributed by atoms with van der Waals surface area (Å²) in [6, 6.07) is 15.2. The number of ether oxygens (including phenoxy) is 1. The van der Waals surface area contributed by atoms with Crippen molar-refractivity contribution in [3.63, 3.8) is 0 Å². The van der Waals surface area contributed by atoms with Gasteiger partial charge >= 0.3 is 0 Å². The second-order valence-electron chi connectivity index (χ2n) is 7.30. The molecule has 3 heteroatoms. The number of Topliss-reactive ketones (excluding diaryl/α,β-unsaturated/α-hetero) is 1. The normalized spacial score (nSPS) is 15.7. The molecule has 0 aromatic heterocycles. The number of benzene rings is 2. The molecule has 0 heterocycles. The summed E-state index contributed by atoms with van der Waals surface area (Å²) < 4.78 is 5.13. The molecule has 0 radical (unpaired) electrons. The van der Waals surface area contributed by atoms with E-state index in [9.17, 15) is 9.90 Å². The summed E-state index contributed by atoms with van der Waals surface area (Å²) in [5, 5.41) is 10.5. The van der Waals surface area contributed by atoms with Gasteiger partial charge in [-0.25, -0.2) is 0 Å². The van der Waals surface area contributed by atoms with E-state index in [4.69, 9.17) is 4.74 Å². The van der Waals surface area contributed by atoms with Crippen LogP contribution in [0.2, 0.25) is 0 Å². The summed E-state index contributed by atoms with van der Waals surface area (Å²) in [7, 11) is 1.59. The lowest BCUT2D eigenvalue weighted by molar-refractivity contribution is -0.111. The molecule has 0 bridgehead atoms. The van der Waals surface area contributed by atoms with Gasteiger partial charge in [-0.15, -0.1) is 0 Å². The summed E-state index contributed by atoms with van der Waals surface area (Å²) in [4.78, 5) is 12.6. The van der Waals surface area contributed by atoms with Gasteiger partial charge in [0.25, 0.3) is 0 Å². The van der Waals surface area contributed by atoms with Gasteiger partial charge in [-0.1, -0.05) is 56.8 Å². The number of aryl methyl sites for hydroxylation is 1. The van der Waals surface area contributed by atoms with Gasteiger partial charge in [0.2, 0.25) is 5.78 Å². The van der Waals surface area contributed by atoms with Gasteiger partial charge in [0.15, 0.2) is 0 Å². The van der Waals surface area contributed by atoms with Crippen molar-refractivity contribution in [3.05, 3.63) is 94.8 Å². The molecule has 1 N–H and O–H groups in total. The molecule has 0 aliphatic heterocycles. The van der Waals surface area contributed by atoms with Crippen molar-refractivity contribution >= 4 is 11.4 Å². The Morgan fingerprint density at radius 1 is 1.11 bits per heavy atom. The Bertz CT molecular complexity index is 973. The zero-order valence-electron chi connectivity index (χ0n) is 16.2. The minimum absolute atomic E-state index is 0.0203. The number of hydrogen-bond acceptors (Lipinski definition) is 3. The number of carbonyl (C=O) groups excluding carboxylic acids is 1. The summed E-state index contributed by atoms with van der Waals surface area (Å²) in [5.74, 6) is 0.557. The summed E-state index contributed by atoms with van der Waals surface area (Å²) in [5.41, 5.74) is 4.07. The van der Waals surface area contributed by atoms with E-state index in [-0.39, 0.29) is 17.0 Å². The van der Waals surface area contributed by atoms with Crippen LogP contribution in [0.5, 0.6) is 5.75 Å². The quantitative estimate of drug-likeness (QED) is 0.735. The highest BCUT2D eigenvalue weighted by molar-refractivity contribution is 6.39. The van der Waals surface area contributed by atoms with E-state index in [0.717, 1.165) is 11.1 Å². The molecule has 0 spiro atoms. The summed E-state index contributed by atoms with van der Waals surface area (Å²) in [6.07, 6.45) is 1.71. The van der Waals surface area contributed by atoms with Gasteiger partial charge in [0.1, 0.15) is 11.5 Å². The number of allylic oxidation sites excluding steroid dienone is 4. The summed E-state index contributed by atoms with van der Waals surface area (Å²) >= 11 is 0. The fraction of sp³-hybridized carbons (Fsp3) is 0.208. The lowest BCUT2D eigenvalue weighted by atomic mass is 9.74. The minimum atomic E-state index is -0.352. The predicted molar refractivity (Wildman–Crippen MR) is 109 cm³/mol. The lowest BCUT2D eigenvalue weighted by Crippen LogP contribution is -2.24. The molecular formula is C24H24O3. The maximum Gasteiger partial charge on any atom is 0.201 e. The van der Waals surface area contributed by atoms with Gasteiger partial charge in [-0.3, -0.25) is 4.79 Å². The van der Waals surface area contributed by atoms with Crippen LogP contribution in [0, 0.1) is 6.92 Å². The van der Waals surface area contributed by atoms with Gasteiger partial charge in [-0.05, 0) is 47.4 Å². The molecule has 2 aromatic rings. The van der Waals surface area contributed by atoms with Crippen molar-refractivity contribution in [2.24, 2.45) is 0 Å². The summed E-state index contributed by atoms with van der Waals surface area (Å²) in [6.45, 7) is 10.4. The molecule has 0 unspecified atom stereocenters. The molecule has 1 aliphatic carbocycles. The van der Waals surface area contributed by atoms with Gasteiger partial charge in [-0.2, -0.15) is 0 Å². The van der Waals surface area contributed by atoms with Crippen LogP contribution in [0.25, 0.3) is 5.57 Å². The third kappa shape index (κ3) is 3.21. The maximum atomic E-state index is 12.6. The highest BCUT2D eigenvalue weighted by atomic mass is 16.5. The van der Waals surface area contributed by atoms with Crippen molar-refractivity contribution < 1.29 is 14.6 Å². The van der Waals surface area contributed by atoms with Crippen LogP contribution < -0.4 is 4.74 Å². The molecule has 0 fully saturated rings. The Labute approximate surface area is 160 Å². The van der Waals surface area contributed by atoms with Crippen molar-refractivity contribution in [2.45, 2.75) is 26.2 Å². The SMILES string of the molecule is C=C(/C=C1\C(=O)C(c2ccc(OC)cc2)=C1O)C(C)(C)c1ccccc1C. The van der Waals surface area contributed by atoms with E-state index >= 15 is 0 Å². The Morgan fingerprint density at radius 2 is 1.74 bits per heavy atom. The first-order chi connectivity index (χ1) is 12.8. The van der Waals surface area contributed by atoms with Gasteiger partial charge in [0, 0.05) is 5.41 Å². The number of ketones is 1. The first-order valence-electron chi connectivity index (χ1n) is 8.87. The molecule has 27 heavy (non-hydrogen) atoms. The molecule has 0 saturated carbocycles. The molecule has 3 rings (SSSR count). The molecule has 2 aromatic carbocycles. The molecule has 0 atom stereocenters. The fourth-order valence-corrected chi connectivity index (χ4v) is 3.38. The molecule has 138 valence electrons. The van der Waals surface area contributed by atoms with Crippen LogP contribution in [-0.4, -0.2) is 18.0 Å². The first-order valence-corrected chi connectivity index (χ1v) is 8.87. The number of aliphatic hydroxyl groups excluding tert-OH is 1. The topological polar surface area (TPSA) is 46.5 Å². The predicted octanol–water partition coefficient (Wildman–Crippen LogP) is 5.32. The number of aliphatic hydroxyl groups is 1. The molecule has 0 amide bonds. The third-order valence-corrected chi connectivity index (χ3v) is 5.28. The van der Waals surface area contributed by atoms with Crippen molar-refractivity contribution in [3.8, 4) is 5.75 Å². The minimum Gasteiger partial charge on any atom is -0.506 e. The molecular weight excluding hydrogens is 336 g/mol. The largest absolute Gasteiger partial charge is 0.506 e. The van der Waals surface area contributed by atoms with Crippen molar-refractivity contribution in [1.82, 2.24) is 0 Å². The Morgan fingerprint density at radius 3 is 2.30 bits per heavy atom. The van der Waals surface area contributed by atoms with Crippen LogP contribution in [0.4, 0.5) is 0 Å². The van der Waals surface area contributed by atoms with E-state index in [2.05, 4.69) is 39.5 Å². The molecule has 3 nitrogen and oxygen atoms in total. The van der Waals surface area contributed by atoms with E-state index in [0.29, 0.717) is 22.5 Å².